The van der Waals surface area contributed by atoms with Gasteiger partial charge in [-0.1, -0.05) is 23.7 Å². The molecule has 1 amide bonds. The van der Waals surface area contributed by atoms with Gasteiger partial charge in [0, 0.05) is 6.54 Å². The van der Waals surface area contributed by atoms with Crippen LogP contribution in [0.15, 0.2) is 24.3 Å². The summed E-state index contributed by atoms with van der Waals surface area (Å²) in [5.41, 5.74) is 1.70. The lowest BCUT2D eigenvalue weighted by Gasteiger charge is -2.37. The molecule has 2 aromatic rings. The number of hydrogen-bond acceptors (Lipinski definition) is 4. The third-order valence-electron chi connectivity index (χ3n) is 4.49. The minimum absolute atomic E-state index is 0.124. The third kappa shape index (κ3) is 3.75. The van der Waals surface area contributed by atoms with E-state index in [0.29, 0.717) is 31.0 Å². The summed E-state index contributed by atoms with van der Waals surface area (Å²) in [5.74, 6) is -0.542. The normalized spacial score (nSPS) is 20.4. The number of morpholine rings is 1. The number of aryl methyl sites for hydroxylation is 1. The summed E-state index contributed by atoms with van der Waals surface area (Å²) in [6.45, 7) is 4.47. The zero-order valence-electron chi connectivity index (χ0n) is 14.7. The van der Waals surface area contributed by atoms with Gasteiger partial charge in [0.15, 0.2) is 0 Å². The standard InChI is InChI=1S/C18H21ClFN3O3/c1-11-10-26-15(9-24)8-22(11)18(25)16-12(2)21-23(17(16)19)7-13-3-5-14(20)6-4-13/h3-6,11,15,24H,7-10H2,1-2H3/t11-,15-/m1/s1. The first-order valence-corrected chi connectivity index (χ1v) is 8.79. The van der Waals surface area contributed by atoms with Crippen LogP contribution in [0.5, 0.6) is 0 Å². The van der Waals surface area contributed by atoms with Crippen LogP contribution in [-0.2, 0) is 11.3 Å². The largest absolute Gasteiger partial charge is 0.394 e. The van der Waals surface area contributed by atoms with Crippen molar-refractivity contribution in [1.82, 2.24) is 14.7 Å². The second-order valence-electron chi connectivity index (χ2n) is 6.48. The molecule has 1 aromatic carbocycles. The Labute approximate surface area is 156 Å². The van der Waals surface area contributed by atoms with Crippen LogP contribution in [0.4, 0.5) is 4.39 Å². The van der Waals surface area contributed by atoms with Gasteiger partial charge in [-0.3, -0.25) is 4.79 Å². The molecule has 1 aliphatic heterocycles. The fourth-order valence-electron chi connectivity index (χ4n) is 3.02. The van der Waals surface area contributed by atoms with Crippen molar-refractivity contribution in [1.29, 1.82) is 0 Å². The monoisotopic (exact) mass is 381 g/mol. The molecule has 0 spiro atoms. The summed E-state index contributed by atoms with van der Waals surface area (Å²) in [7, 11) is 0. The molecule has 8 heteroatoms. The van der Waals surface area contributed by atoms with Gasteiger partial charge in [-0.15, -0.1) is 0 Å². The van der Waals surface area contributed by atoms with Gasteiger partial charge < -0.3 is 14.7 Å². The van der Waals surface area contributed by atoms with Crippen molar-refractivity contribution >= 4 is 17.5 Å². The predicted molar refractivity (Wildman–Crippen MR) is 94.8 cm³/mol. The highest BCUT2D eigenvalue weighted by Gasteiger charge is 2.33. The zero-order valence-corrected chi connectivity index (χ0v) is 15.4. The highest BCUT2D eigenvalue weighted by atomic mass is 35.5. The Balaban J connectivity index is 1.84. The Hall–Kier alpha value is -1.96. The number of halogens is 2. The molecule has 0 unspecified atom stereocenters. The molecule has 1 fully saturated rings. The van der Waals surface area contributed by atoms with Crippen molar-refractivity contribution in [3.63, 3.8) is 0 Å². The summed E-state index contributed by atoms with van der Waals surface area (Å²) in [4.78, 5) is 14.7. The fourth-order valence-corrected chi connectivity index (χ4v) is 3.33. The Bertz CT molecular complexity index is 794. The van der Waals surface area contributed by atoms with Crippen LogP contribution in [0.1, 0.15) is 28.5 Å². The summed E-state index contributed by atoms with van der Waals surface area (Å²) < 4.78 is 20.1. The number of amides is 1. The van der Waals surface area contributed by atoms with E-state index in [0.717, 1.165) is 5.56 Å². The van der Waals surface area contributed by atoms with Crippen LogP contribution in [0.2, 0.25) is 5.15 Å². The minimum Gasteiger partial charge on any atom is -0.394 e. The number of rotatable bonds is 4. The van der Waals surface area contributed by atoms with E-state index in [1.165, 1.54) is 16.8 Å². The van der Waals surface area contributed by atoms with E-state index in [2.05, 4.69) is 5.10 Å². The number of aliphatic hydroxyl groups excluding tert-OH is 1. The molecular formula is C18H21ClFN3O3. The van der Waals surface area contributed by atoms with Gasteiger partial charge >= 0.3 is 0 Å². The average molecular weight is 382 g/mol. The molecule has 140 valence electrons. The molecule has 1 saturated heterocycles. The second-order valence-corrected chi connectivity index (χ2v) is 6.84. The van der Waals surface area contributed by atoms with Crippen molar-refractivity contribution in [2.45, 2.75) is 32.5 Å². The van der Waals surface area contributed by atoms with Crippen LogP contribution in [0.3, 0.4) is 0 Å². The molecule has 1 N–H and O–H groups in total. The molecule has 1 aliphatic rings. The minimum atomic E-state index is -0.400. The number of nitrogens with zero attached hydrogens (tertiary/aromatic N) is 3. The first-order chi connectivity index (χ1) is 12.4. The summed E-state index contributed by atoms with van der Waals surface area (Å²) >= 11 is 6.44. The lowest BCUT2D eigenvalue weighted by Crippen LogP contribution is -2.52. The molecule has 3 rings (SSSR count). The van der Waals surface area contributed by atoms with Crippen LogP contribution in [-0.4, -0.2) is 57.6 Å². The Morgan fingerprint density at radius 3 is 2.77 bits per heavy atom. The molecule has 0 saturated carbocycles. The van der Waals surface area contributed by atoms with Crippen molar-refractivity contribution in [3.05, 3.63) is 52.1 Å². The van der Waals surface area contributed by atoms with Crippen molar-refractivity contribution in [3.8, 4) is 0 Å². The molecule has 0 aliphatic carbocycles. The molecule has 2 heterocycles. The van der Waals surface area contributed by atoms with Crippen LogP contribution < -0.4 is 0 Å². The van der Waals surface area contributed by atoms with Crippen LogP contribution in [0.25, 0.3) is 0 Å². The molecule has 26 heavy (non-hydrogen) atoms. The number of benzene rings is 1. The highest BCUT2D eigenvalue weighted by Crippen LogP contribution is 2.25. The summed E-state index contributed by atoms with van der Waals surface area (Å²) in [6, 6.07) is 5.92. The lowest BCUT2D eigenvalue weighted by molar-refractivity contribution is -0.0667. The Morgan fingerprint density at radius 2 is 2.12 bits per heavy atom. The van der Waals surface area contributed by atoms with E-state index in [1.54, 1.807) is 24.0 Å². The first-order valence-electron chi connectivity index (χ1n) is 8.41. The van der Waals surface area contributed by atoms with Gasteiger partial charge in [-0.2, -0.15) is 5.10 Å². The van der Waals surface area contributed by atoms with E-state index in [1.807, 2.05) is 6.92 Å². The van der Waals surface area contributed by atoms with Gasteiger partial charge in [0.25, 0.3) is 5.91 Å². The molecule has 1 aromatic heterocycles. The maximum absolute atomic E-state index is 13.1. The average Bonchev–Trinajstić information content (AvgIpc) is 2.90. The highest BCUT2D eigenvalue weighted by molar-refractivity contribution is 6.33. The Morgan fingerprint density at radius 1 is 1.42 bits per heavy atom. The van der Waals surface area contributed by atoms with Crippen molar-refractivity contribution in [2.75, 3.05) is 19.8 Å². The van der Waals surface area contributed by atoms with Crippen LogP contribution in [0, 0.1) is 12.7 Å². The van der Waals surface area contributed by atoms with Gasteiger partial charge in [0.05, 0.1) is 43.2 Å². The van der Waals surface area contributed by atoms with Crippen molar-refractivity contribution in [2.24, 2.45) is 0 Å². The summed E-state index contributed by atoms with van der Waals surface area (Å²) in [6.07, 6.45) is -0.400. The first kappa shape index (κ1) is 18.8. The van der Waals surface area contributed by atoms with Gasteiger partial charge in [-0.05, 0) is 31.5 Å². The van der Waals surface area contributed by atoms with E-state index < -0.39 is 6.10 Å². The van der Waals surface area contributed by atoms with E-state index in [9.17, 15) is 14.3 Å². The molecule has 6 nitrogen and oxygen atoms in total. The number of carbonyl (C=O) groups excluding carboxylic acids is 1. The third-order valence-corrected chi connectivity index (χ3v) is 4.88. The van der Waals surface area contributed by atoms with Crippen LogP contribution >= 0.6 is 11.6 Å². The van der Waals surface area contributed by atoms with Gasteiger partial charge in [0.2, 0.25) is 0 Å². The van der Waals surface area contributed by atoms with Crippen molar-refractivity contribution < 1.29 is 19.0 Å². The fraction of sp³-hybridized carbons (Fsp3) is 0.444. The topological polar surface area (TPSA) is 67.6 Å². The maximum Gasteiger partial charge on any atom is 0.259 e. The van der Waals surface area contributed by atoms with E-state index >= 15 is 0 Å². The number of hydrogen-bond donors (Lipinski definition) is 1. The van der Waals surface area contributed by atoms with Gasteiger partial charge in [0.1, 0.15) is 11.0 Å². The number of aliphatic hydroxyl groups is 1. The summed E-state index contributed by atoms with van der Waals surface area (Å²) in [5, 5.41) is 13.9. The predicted octanol–water partition coefficient (Wildman–Crippen LogP) is 2.25. The Kier molecular flexibility index (Phi) is 5.60. The number of carbonyl (C=O) groups is 1. The molecular weight excluding hydrogens is 361 g/mol. The molecule has 2 atom stereocenters. The number of aromatic nitrogens is 2. The molecule has 0 bridgehead atoms. The number of ether oxygens (including phenoxy) is 1. The second kappa shape index (κ2) is 7.73. The molecule has 0 radical (unpaired) electrons. The van der Waals surface area contributed by atoms with E-state index in [-0.39, 0.29) is 29.5 Å². The lowest BCUT2D eigenvalue weighted by atomic mass is 10.1. The zero-order chi connectivity index (χ0) is 18.8. The van der Waals surface area contributed by atoms with Gasteiger partial charge in [-0.25, -0.2) is 9.07 Å². The van der Waals surface area contributed by atoms with E-state index in [4.69, 9.17) is 16.3 Å². The smallest absolute Gasteiger partial charge is 0.259 e. The maximum atomic E-state index is 13.1. The quantitative estimate of drug-likeness (QED) is 0.882. The SMILES string of the molecule is Cc1nn(Cc2ccc(F)cc2)c(Cl)c1C(=O)N1C[C@H](CO)OC[C@H]1C.